The molecule has 2 atom stereocenters. The van der Waals surface area contributed by atoms with Gasteiger partial charge in [0, 0.05) is 19.2 Å². The third kappa shape index (κ3) is 4.00. The number of anilines is 1. The molecule has 1 heterocycles. The van der Waals surface area contributed by atoms with Gasteiger partial charge in [-0.3, -0.25) is 9.69 Å². The fourth-order valence-electron chi connectivity index (χ4n) is 2.91. The van der Waals surface area contributed by atoms with Crippen LogP contribution < -0.4 is 5.32 Å². The van der Waals surface area contributed by atoms with Crippen molar-refractivity contribution in [3.8, 4) is 0 Å². The number of carbonyl (C=O) groups is 1. The van der Waals surface area contributed by atoms with Crippen molar-refractivity contribution in [2.24, 2.45) is 11.8 Å². The molecule has 1 saturated heterocycles. The number of amides is 1. The minimum absolute atomic E-state index is 0.104. The van der Waals surface area contributed by atoms with Crippen LogP contribution in [0.15, 0.2) is 18.2 Å². The summed E-state index contributed by atoms with van der Waals surface area (Å²) in [5.41, 5.74) is -0.104. The molecule has 1 aromatic rings. The smallest absolute Gasteiger partial charge is 0.238 e. The first kappa shape index (κ1) is 14.9. The number of hydrogen-bond donors (Lipinski definition) is 1. The molecule has 1 amide bonds. The highest BCUT2D eigenvalue weighted by Crippen LogP contribution is 2.21. The van der Waals surface area contributed by atoms with Gasteiger partial charge in [-0.25, -0.2) is 8.78 Å². The van der Waals surface area contributed by atoms with Crippen LogP contribution in [-0.2, 0) is 4.79 Å². The first-order valence-electron chi connectivity index (χ1n) is 6.91. The van der Waals surface area contributed by atoms with Gasteiger partial charge in [0.2, 0.25) is 5.91 Å². The molecule has 0 aliphatic carbocycles. The second-order valence-electron chi connectivity index (χ2n) is 5.81. The summed E-state index contributed by atoms with van der Waals surface area (Å²) in [7, 11) is 0. The summed E-state index contributed by atoms with van der Waals surface area (Å²) >= 11 is 0. The van der Waals surface area contributed by atoms with Crippen molar-refractivity contribution in [1.29, 1.82) is 0 Å². The molecule has 1 fully saturated rings. The third-order valence-corrected chi connectivity index (χ3v) is 3.51. The normalized spacial score (nSPS) is 23.6. The number of halogens is 2. The molecule has 3 nitrogen and oxygen atoms in total. The molecule has 2 rings (SSSR count). The molecule has 0 aromatic heterocycles. The molecule has 1 N–H and O–H groups in total. The molecule has 0 radical (unpaired) electrons. The number of nitrogens with zero attached hydrogens (tertiary/aromatic N) is 1. The highest BCUT2D eigenvalue weighted by molar-refractivity contribution is 5.92. The van der Waals surface area contributed by atoms with Crippen molar-refractivity contribution in [3.05, 3.63) is 29.8 Å². The standard InChI is InChI=1S/C15H20F2N2O/c1-10-5-11(2)8-19(7-10)9-15(20)18-14-6-12(16)3-4-13(14)17/h3-4,6,10-11H,5,7-9H2,1-2H3,(H,18,20). The lowest BCUT2D eigenvalue weighted by Crippen LogP contribution is -2.42. The zero-order valence-corrected chi connectivity index (χ0v) is 11.8. The van der Waals surface area contributed by atoms with E-state index >= 15 is 0 Å². The van der Waals surface area contributed by atoms with Crippen molar-refractivity contribution in [2.45, 2.75) is 20.3 Å². The van der Waals surface area contributed by atoms with E-state index in [2.05, 4.69) is 24.1 Å². The van der Waals surface area contributed by atoms with E-state index in [1.807, 2.05) is 0 Å². The third-order valence-electron chi connectivity index (χ3n) is 3.51. The Bertz CT molecular complexity index is 483. The maximum Gasteiger partial charge on any atom is 0.238 e. The van der Waals surface area contributed by atoms with Gasteiger partial charge in [-0.05, 0) is 30.4 Å². The highest BCUT2D eigenvalue weighted by atomic mass is 19.1. The number of benzene rings is 1. The quantitative estimate of drug-likeness (QED) is 0.924. The second kappa shape index (κ2) is 6.31. The van der Waals surface area contributed by atoms with E-state index in [1.165, 1.54) is 0 Å². The molecule has 2 unspecified atom stereocenters. The van der Waals surface area contributed by atoms with Gasteiger partial charge < -0.3 is 5.32 Å². The Hall–Kier alpha value is -1.49. The SMILES string of the molecule is CC1CC(C)CN(CC(=O)Nc2cc(F)ccc2F)C1. The lowest BCUT2D eigenvalue weighted by atomic mass is 9.92. The fraction of sp³-hybridized carbons (Fsp3) is 0.533. The van der Waals surface area contributed by atoms with Gasteiger partial charge in [0.25, 0.3) is 0 Å². The molecule has 110 valence electrons. The lowest BCUT2D eigenvalue weighted by Gasteiger charge is -2.34. The average molecular weight is 282 g/mol. The summed E-state index contributed by atoms with van der Waals surface area (Å²) in [5.74, 6) is -0.396. The van der Waals surface area contributed by atoms with Crippen LogP contribution in [0.4, 0.5) is 14.5 Å². The van der Waals surface area contributed by atoms with E-state index in [1.54, 1.807) is 0 Å². The van der Waals surface area contributed by atoms with Crippen molar-refractivity contribution >= 4 is 11.6 Å². The van der Waals surface area contributed by atoms with E-state index in [0.717, 1.165) is 37.7 Å². The van der Waals surface area contributed by atoms with Crippen molar-refractivity contribution < 1.29 is 13.6 Å². The molecule has 0 spiro atoms. The molecule has 0 saturated carbocycles. The Kier molecular flexibility index (Phi) is 4.70. The lowest BCUT2D eigenvalue weighted by molar-refractivity contribution is -0.117. The van der Waals surface area contributed by atoms with Gasteiger partial charge in [-0.15, -0.1) is 0 Å². The van der Waals surface area contributed by atoms with E-state index in [9.17, 15) is 13.6 Å². The molecule has 20 heavy (non-hydrogen) atoms. The van der Waals surface area contributed by atoms with Crippen LogP contribution in [0.1, 0.15) is 20.3 Å². The maximum absolute atomic E-state index is 13.4. The first-order chi connectivity index (χ1) is 9.44. The van der Waals surface area contributed by atoms with E-state index in [0.29, 0.717) is 11.8 Å². The summed E-state index contributed by atoms with van der Waals surface area (Å²) in [6.45, 7) is 6.26. The minimum atomic E-state index is -0.625. The predicted molar refractivity (Wildman–Crippen MR) is 74.4 cm³/mol. The fourth-order valence-corrected chi connectivity index (χ4v) is 2.91. The monoisotopic (exact) mass is 282 g/mol. The number of hydrogen-bond acceptors (Lipinski definition) is 2. The molecule has 1 aliphatic heterocycles. The number of rotatable bonds is 3. The predicted octanol–water partition coefficient (Wildman–Crippen LogP) is 2.88. The summed E-state index contributed by atoms with van der Waals surface area (Å²) in [6.07, 6.45) is 1.16. The van der Waals surface area contributed by atoms with Crippen molar-refractivity contribution in [3.63, 3.8) is 0 Å². The number of nitrogens with one attached hydrogen (secondary N) is 1. The molecular weight excluding hydrogens is 262 g/mol. The molecule has 1 aromatic carbocycles. The van der Waals surface area contributed by atoms with Crippen LogP contribution >= 0.6 is 0 Å². The van der Waals surface area contributed by atoms with Crippen LogP contribution in [0.3, 0.4) is 0 Å². The van der Waals surface area contributed by atoms with Gasteiger partial charge in [0.05, 0.1) is 12.2 Å². The van der Waals surface area contributed by atoms with E-state index in [-0.39, 0.29) is 18.1 Å². The summed E-state index contributed by atoms with van der Waals surface area (Å²) in [5, 5.41) is 2.43. The topological polar surface area (TPSA) is 32.3 Å². The summed E-state index contributed by atoms with van der Waals surface area (Å²) < 4.78 is 26.5. The van der Waals surface area contributed by atoms with Crippen LogP contribution in [0.25, 0.3) is 0 Å². The van der Waals surface area contributed by atoms with Gasteiger partial charge in [-0.1, -0.05) is 13.8 Å². The number of carbonyl (C=O) groups excluding carboxylic acids is 1. The Morgan fingerprint density at radius 3 is 2.60 bits per heavy atom. The van der Waals surface area contributed by atoms with Gasteiger partial charge in [-0.2, -0.15) is 0 Å². The zero-order valence-electron chi connectivity index (χ0n) is 11.8. The first-order valence-corrected chi connectivity index (χ1v) is 6.91. The molecule has 0 bridgehead atoms. The van der Waals surface area contributed by atoms with Crippen LogP contribution in [0, 0.1) is 23.5 Å². The molecular formula is C15H20F2N2O. The van der Waals surface area contributed by atoms with Crippen molar-refractivity contribution in [2.75, 3.05) is 25.0 Å². The largest absolute Gasteiger partial charge is 0.322 e. The van der Waals surface area contributed by atoms with Gasteiger partial charge in [0.1, 0.15) is 11.6 Å². The average Bonchev–Trinajstić information content (AvgIpc) is 2.32. The van der Waals surface area contributed by atoms with Crippen LogP contribution in [0.2, 0.25) is 0 Å². The van der Waals surface area contributed by atoms with E-state index < -0.39 is 11.6 Å². The van der Waals surface area contributed by atoms with Gasteiger partial charge >= 0.3 is 0 Å². The molecule has 5 heteroatoms. The summed E-state index contributed by atoms with van der Waals surface area (Å²) in [4.78, 5) is 14.0. The number of likely N-dealkylation sites (tertiary alicyclic amines) is 1. The van der Waals surface area contributed by atoms with E-state index in [4.69, 9.17) is 0 Å². The second-order valence-corrected chi connectivity index (χ2v) is 5.81. The highest BCUT2D eigenvalue weighted by Gasteiger charge is 2.23. The number of piperidine rings is 1. The zero-order chi connectivity index (χ0) is 14.7. The Morgan fingerprint density at radius 2 is 1.95 bits per heavy atom. The minimum Gasteiger partial charge on any atom is -0.322 e. The van der Waals surface area contributed by atoms with Gasteiger partial charge in [0.15, 0.2) is 0 Å². The molecule has 1 aliphatic rings. The summed E-state index contributed by atoms with van der Waals surface area (Å²) in [6, 6.07) is 3.03. The Labute approximate surface area is 118 Å². The van der Waals surface area contributed by atoms with Crippen molar-refractivity contribution in [1.82, 2.24) is 4.90 Å². The Morgan fingerprint density at radius 1 is 1.30 bits per heavy atom. The Balaban J connectivity index is 1.93. The maximum atomic E-state index is 13.4. The van der Waals surface area contributed by atoms with Crippen LogP contribution in [-0.4, -0.2) is 30.4 Å². The van der Waals surface area contributed by atoms with Crippen LogP contribution in [0.5, 0.6) is 0 Å².